The van der Waals surface area contributed by atoms with Crippen LogP contribution in [0.15, 0.2) is 0 Å². The molecule has 1 rings (SSSR count). The average molecular weight is 215 g/mol. The van der Waals surface area contributed by atoms with Gasteiger partial charge in [0.2, 0.25) is 5.91 Å². The maximum absolute atomic E-state index is 11.8. The molecule has 0 aromatic rings. The van der Waals surface area contributed by atoms with Crippen molar-refractivity contribution in [2.24, 2.45) is 5.41 Å². The van der Waals surface area contributed by atoms with Crippen LogP contribution in [-0.4, -0.2) is 38.4 Å². The SMILES string of the molecule is COC1CCOCC1NC(=O)C(C)(C)C. The van der Waals surface area contributed by atoms with Crippen LogP contribution in [0.3, 0.4) is 0 Å². The smallest absolute Gasteiger partial charge is 0.225 e. The first-order valence-corrected chi connectivity index (χ1v) is 5.36. The Morgan fingerprint density at radius 2 is 2.13 bits per heavy atom. The highest BCUT2D eigenvalue weighted by Crippen LogP contribution is 2.16. The van der Waals surface area contributed by atoms with Gasteiger partial charge in [-0.2, -0.15) is 0 Å². The predicted molar refractivity (Wildman–Crippen MR) is 57.6 cm³/mol. The number of ether oxygens (including phenoxy) is 2. The molecule has 1 N–H and O–H groups in total. The molecule has 2 atom stereocenters. The van der Waals surface area contributed by atoms with E-state index >= 15 is 0 Å². The molecule has 4 heteroatoms. The van der Waals surface area contributed by atoms with Gasteiger partial charge >= 0.3 is 0 Å². The lowest BCUT2D eigenvalue weighted by atomic mass is 9.94. The van der Waals surface area contributed by atoms with E-state index in [2.05, 4.69) is 5.32 Å². The van der Waals surface area contributed by atoms with E-state index in [1.807, 2.05) is 20.8 Å². The van der Waals surface area contributed by atoms with Gasteiger partial charge in [-0.1, -0.05) is 20.8 Å². The van der Waals surface area contributed by atoms with Gasteiger partial charge in [-0.3, -0.25) is 4.79 Å². The first kappa shape index (κ1) is 12.5. The van der Waals surface area contributed by atoms with Crippen molar-refractivity contribution in [1.29, 1.82) is 0 Å². The van der Waals surface area contributed by atoms with Crippen LogP contribution in [0.1, 0.15) is 27.2 Å². The fraction of sp³-hybridized carbons (Fsp3) is 0.909. The number of hydrogen-bond acceptors (Lipinski definition) is 3. The standard InChI is InChI=1S/C11H21NO3/c1-11(2,3)10(13)12-8-7-15-6-5-9(8)14-4/h8-9H,5-7H2,1-4H3,(H,12,13). The predicted octanol–water partition coefficient (Wildman–Crippen LogP) is 0.953. The molecule has 1 heterocycles. The average Bonchev–Trinajstić information content (AvgIpc) is 2.17. The number of amides is 1. The van der Waals surface area contributed by atoms with Crippen LogP contribution in [0.4, 0.5) is 0 Å². The molecule has 0 aliphatic carbocycles. The Morgan fingerprint density at radius 3 is 2.67 bits per heavy atom. The summed E-state index contributed by atoms with van der Waals surface area (Å²) in [6, 6.07) is -0.0181. The third-order valence-electron chi connectivity index (χ3n) is 2.59. The molecule has 0 aromatic heterocycles. The van der Waals surface area contributed by atoms with Crippen molar-refractivity contribution >= 4 is 5.91 Å². The van der Waals surface area contributed by atoms with Crippen LogP contribution >= 0.6 is 0 Å². The van der Waals surface area contributed by atoms with Crippen molar-refractivity contribution in [2.75, 3.05) is 20.3 Å². The summed E-state index contributed by atoms with van der Waals surface area (Å²) in [5.41, 5.74) is -0.365. The van der Waals surface area contributed by atoms with Gasteiger partial charge in [0.15, 0.2) is 0 Å². The second kappa shape index (κ2) is 4.94. The highest BCUT2D eigenvalue weighted by atomic mass is 16.5. The van der Waals surface area contributed by atoms with Crippen LogP contribution in [0, 0.1) is 5.41 Å². The van der Waals surface area contributed by atoms with Crippen LogP contribution in [0.25, 0.3) is 0 Å². The summed E-state index contributed by atoms with van der Waals surface area (Å²) < 4.78 is 10.7. The third-order valence-corrected chi connectivity index (χ3v) is 2.59. The Bertz CT molecular complexity index is 222. The quantitative estimate of drug-likeness (QED) is 0.746. The van der Waals surface area contributed by atoms with Crippen molar-refractivity contribution in [3.8, 4) is 0 Å². The Balaban J connectivity index is 2.52. The molecule has 1 saturated heterocycles. The molecule has 0 spiro atoms. The lowest BCUT2D eigenvalue weighted by molar-refractivity contribution is -0.132. The minimum Gasteiger partial charge on any atom is -0.379 e. The van der Waals surface area contributed by atoms with Gasteiger partial charge in [0.25, 0.3) is 0 Å². The topological polar surface area (TPSA) is 47.6 Å². The summed E-state index contributed by atoms with van der Waals surface area (Å²) in [6.07, 6.45) is 0.913. The van der Waals surface area contributed by atoms with Gasteiger partial charge in [-0.15, -0.1) is 0 Å². The highest BCUT2D eigenvalue weighted by molar-refractivity contribution is 5.81. The Morgan fingerprint density at radius 1 is 1.47 bits per heavy atom. The van der Waals surface area contributed by atoms with Crippen LogP contribution in [-0.2, 0) is 14.3 Å². The van der Waals surface area contributed by atoms with Crippen LogP contribution in [0.2, 0.25) is 0 Å². The van der Waals surface area contributed by atoms with Gasteiger partial charge < -0.3 is 14.8 Å². The summed E-state index contributed by atoms with van der Waals surface area (Å²) in [6.45, 7) is 6.94. The largest absolute Gasteiger partial charge is 0.379 e. The number of carbonyl (C=O) groups is 1. The molecule has 0 aromatic carbocycles. The van der Waals surface area contributed by atoms with Crippen molar-refractivity contribution in [1.82, 2.24) is 5.32 Å². The first-order valence-electron chi connectivity index (χ1n) is 5.36. The number of nitrogens with one attached hydrogen (secondary N) is 1. The molecular formula is C11H21NO3. The van der Waals surface area contributed by atoms with Gasteiger partial charge in [0.05, 0.1) is 18.8 Å². The van der Waals surface area contributed by atoms with E-state index in [0.717, 1.165) is 6.42 Å². The summed E-state index contributed by atoms with van der Waals surface area (Å²) in [7, 11) is 1.67. The second-order valence-corrected chi connectivity index (χ2v) is 4.97. The van der Waals surface area contributed by atoms with Gasteiger partial charge in [0.1, 0.15) is 0 Å². The lowest BCUT2D eigenvalue weighted by Crippen LogP contribution is -2.52. The monoisotopic (exact) mass is 215 g/mol. The molecule has 1 amide bonds. The summed E-state index contributed by atoms with van der Waals surface area (Å²) >= 11 is 0. The molecule has 1 aliphatic heterocycles. The van der Waals surface area contributed by atoms with E-state index in [1.165, 1.54) is 0 Å². The molecule has 0 bridgehead atoms. The zero-order chi connectivity index (χ0) is 11.5. The molecule has 1 fully saturated rings. The zero-order valence-corrected chi connectivity index (χ0v) is 10.0. The molecule has 1 aliphatic rings. The molecule has 88 valence electrons. The molecule has 4 nitrogen and oxygen atoms in total. The molecule has 0 radical (unpaired) electrons. The van der Waals surface area contributed by atoms with E-state index in [4.69, 9.17) is 9.47 Å². The van der Waals surface area contributed by atoms with E-state index in [1.54, 1.807) is 7.11 Å². The summed E-state index contributed by atoms with van der Waals surface area (Å²) in [5, 5.41) is 2.97. The number of methoxy groups -OCH3 is 1. The highest BCUT2D eigenvalue weighted by Gasteiger charge is 2.30. The zero-order valence-electron chi connectivity index (χ0n) is 10.0. The van der Waals surface area contributed by atoms with Crippen molar-refractivity contribution in [3.05, 3.63) is 0 Å². The molecule has 2 unspecified atom stereocenters. The Labute approximate surface area is 91.3 Å². The minimum atomic E-state index is -0.365. The van der Waals surface area contributed by atoms with Crippen LogP contribution in [0.5, 0.6) is 0 Å². The molecular weight excluding hydrogens is 194 g/mol. The van der Waals surface area contributed by atoms with Gasteiger partial charge in [-0.05, 0) is 6.42 Å². The Hall–Kier alpha value is -0.610. The normalized spacial score (nSPS) is 27.5. The third kappa shape index (κ3) is 3.47. The maximum Gasteiger partial charge on any atom is 0.225 e. The molecule has 15 heavy (non-hydrogen) atoms. The Kier molecular flexibility index (Phi) is 4.11. The van der Waals surface area contributed by atoms with E-state index in [-0.39, 0.29) is 23.5 Å². The maximum atomic E-state index is 11.8. The van der Waals surface area contributed by atoms with Crippen LogP contribution < -0.4 is 5.32 Å². The van der Waals surface area contributed by atoms with E-state index in [9.17, 15) is 4.79 Å². The fourth-order valence-electron chi connectivity index (χ4n) is 1.52. The van der Waals surface area contributed by atoms with Gasteiger partial charge in [0, 0.05) is 19.1 Å². The van der Waals surface area contributed by atoms with Crippen molar-refractivity contribution in [3.63, 3.8) is 0 Å². The lowest BCUT2D eigenvalue weighted by Gasteiger charge is -2.33. The summed E-state index contributed by atoms with van der Waals surface area (Å²) in [4.78, 5) is 11.8. The summed E-state index contributed by atoms with van der Waals surface area (Å²) in [5.74, 6) is 0.0417. The number of carbonyl (C=O) groups excluding carboxylic acids is 1. The molecule has 0 saturated carbocycles. The van der Waals surface area contributed by atoms with Crippen molar-refractivity contribution < 1.29 is 14.3 Å². The van der Waals surface area contributed by atoms with Gasteiger partial charge in [-0.25, -0.2) is 0 Å². The van der Waals surface area contributed by atoms with E-state index < -0.39 is 0 Å². The van der Waals surface area contributed by atoms with Crippen molar-refractivity contribution in [2.45, 2.75) is 39.3 Å². The fourth-order valence-corrected chi connectivity index (χ4v) is 1.52. The number of rotatable bonds is 2. The van der Waals surface area contributed by atoms with E-state index in [0.29, 0.717) is 13.2 Å². The minimum absolute atomic E-state index is 0.0181. The number of hydrogen-bond donors (Lipinski definition) is 1. The first-order chi connectivity index (χ1) is 6.95. The second-order valence-electron chi connectivity index (χ2n) is 4.97.